The lowest BCUT2D eigenvalue weighted by atomic mass is 9.77. The molecule has 3 rings (SSSR count). The highest BCUT2D eigenvalue weighted by atomic mass is 32.2. The van der Waals surface area contributed by atoms with Crippen LogP contribution in [-0.2, 0) is 22.3 Å². The minimum atomic E-state index is -3.39. The molecule has 0 N–H and O–H groups in total. The number of sulfone groups is 1. The molecule has 0 aliphatic carbocycles. The molecule has 0 spiro atoms. The first kappa shape index (κ1) is 18.8. The third-order valence-corrected chi connectivity index (χ3v) is 7.57. The standard InChI is InChI=1S/C20H26N2O3S/c1-11-10-15(18(23)16-13(3)21-22(7)14(16)4)12(2)19-17(11)20(5,6)8-9-26(19,24)25/h10H,8-9H2,1-7H3. The fourth-order valence-electron chi connectivity index (χ4n) is 4.20. The summed E-state index contributed by atoms with van der Waals surface area (Å²) in [7, 11) is -1.59. The SMILES string of the molecule is Cc1cc(C(=O)c2c(C)nn(C)c2C)c(C)c2c1C(C)(C)CCS2(=O)=O. The van der Waals surface area contributed by atoms with Crippen LogP contribution >= 0.6 is 0 Å². The van der Waals surface area contributed by atoms with Crippen molar-refractivity contribution in [2.75, 3.05) is 5.75 Å². The normalized spacial score (nSPS) is 17.8. The van der Waals surface area contributed by atoms with Gasteiger partial charge in [0.2, 0.25) is 0 Å². The van der Waals surface area contributed by atoms with Crippen molar-refractivity contribution in [1.29, 1.82) is 0 Å². The van der Waals surface area contributed by atoms with Gasteiger partial charge < -0.3 is 0 Å². The highest BCUT2D eigenvalue weighted by molar-refractivity contribution is 7.91. The van der Waals surface area contributed by atoms with Crippen molar-refractivity contribution in [2.45, 2.75) is 58.3 Å². The second kappa shape index (κ2) is 5.78. The van der Waals surface area contributed by atoms with Crippen LogP contribution in [0.2, 0.25) is 0 Å². The molecule has 0 unspecified atom stereocenters. The monoisotopic (exact) mass is 374 g/mol. The second-order valence-corrected chi connectivity index (χ2v) is 10.1. The number of aromatic nitrogens is 2. The van der Waals surface area contributed by atoms with E-state index < -0.39 is 9.84 Å². The Morgan fingerprint density at radius 1 is 1.19 bits per heavy atom. The highest BCUT2D eigenvalue weighted by Crippen LogP contribution is 2.43. The molecule has 1 aromatic heterocycles. The van der Waals surface area contributed by atoms with Gasteiger partial charge in [0.05, 0.1) is 21.9 Å². The molecule has 0 saturated carbocycles. The number of nitrogens with zero attached hydrogens (tertiary/aromatic N) is 2. The molecule has 1 aromatic carbocycles. The zero-order valence-corrected chi connectivity index (χ0v) is 17.3. The van der Waals surface area contributed by atoms with Gasteiger partial charge in [-0.05, 0) is 62.3 Å². The van der Waals surface area contributed by atoms with Crippen molar-refractivity contribution in [1.82, 2.24) is 9.78 Å². The van der Waals surface area contributed by atoms with E-state index in [1.807, 2.05) is 19.9 Å². The van der Waals surface area contributed by atoms with E-state index in [2.05, 4.69) is 18.9 Å². The number of carbonyl (C=O) groups is 1. The average molecular weight is 375 g/mol. The number of ketones is 1. The number of hydrogen-bond donors (Lipinski definition) is 0. The molecular formula is C20H26N2O3S. The smallest absolute Gasteiger partial charge is 0.197 e. The minimum Gasteiger partial charge on any atom is -0.288 e. The van der Waals surface area contributed by atoms with Crippen LogP contribution in [0, 0.1) is 27.7 Å². The van der Waals surface area contributed by atoms with Crippen molar-refractivity contribution >= 4 is 15.6 Å². The molecule has 26 heavy (non-hydrogen) atoms. The second-order valence-electron chi connectivity index (χ2n) is 8.02. The number of benzene rings is 1. The molecule has 1 aliphatic heterocycles. The van der Waals surface area contributed by atoms with Crippen LogP contribution in [0.15, 0.2) is 11.0 Å². The van der Waals surface area contributed by atoms with Gasteiger partial charge in [-0.25, -0.2) is 8.42 Å². The van der Waals surface area contributed by atoms with Gasteiger partial charge in [0.25, 0.3) is 0 Å². The highest BCUT2D eigenvalue weighted by Gasteiger charge is 2.39. The maximum atomic E-state index is 13.3. The zero-order valence-electron chi connectivity index (χ0n) is 16.5. The molecule has 2 heterocycles. The summed E-state index contributed by atoms with van der Waals surface area (Å²) in [5.41, 5.74) is 4.52. The Morgan fingerprint density at radius 3 is 2.35 bits per heavy atom. The van der Waals surface area contributed by atoms with Crippen LogP contribution in [0.3, 0.4) is 0 Å². The van der Waals surface area contributed by atoms with E-state index in [9.17, 15) is 13.2 Å². The molecule has 1 aliphatic rings. The predicted molar refractivity (Wildman–Crippen MR) is 102 cm³/mol. The lowest BCUT2D eigenvalue weighted by molar-refractivity contribution is 0.103. The van der Waals surface area contributed by atoms with Gasteiger partial charge in [0.15, 0.2) is 15.6 Å². The van der Waals surface area contributed by atoms with Gasteiger partial charge in [-0.2, -0.15) is 5.10 Å². The average Bonchev–Trinajstić information content (AvgIpc) is 2.78. The number of hydrogen-bond acceptors (Lipinski definition) is 4. The Bertz CT molecular complexity index is 1040. The molecule has 0 bridgehead atoms. The van der Waals surface area contributed by atoms with Crippen LogP contribution < -0.4 is 0 Å². The Kier molecular flexibility index (Phi) is 4.18. The summed E-state index contributed by atoms with van der Waals surface area (Å²) in [4.78, 5) is 13.6. The van der Waals surface area contributed by atoms with Crippen molar-refractivity contribution in [3.05, 3.63) is 45.3 Å². The van der Waals surface area contributed by atoms with Crippen molar-refractivity contribution in [3.63, 3.8) is 0 Å². The maximum Gasteiger partial charge on any atom is 0.197 e. The number of aryl methyl sites for hydroxylation is 3. The van der Waals surface area contributed by atoms with Gasteiger partial charge in [-0.15, -0.1) is 0 Å². The van der Waals surface area contributed by atoms with E-state index >= 15 is 0 Å². The molecule has 0 amide bonds. The molecular weight excluding hydrogens is 348 g/mol. The summed E-state index contributed by atoms with van der Waals surface area (Å²) in [6.45, 7) is 11.5. The lowest BCUT2D eigenvalue weighted by Gasteiger charge is -2.35. The summed E-state index contributed by atoms with van der Waals surface area (Å²) in [6.07, 6.45) is 0.594. The third kappa shape index (κ3) is 2.62. The summed E-state index contributed by atoms with van der Waals surface area (Å²) < 4.78 is 27.4. The number of rotatable bonds is 2. The fourth-order valence-corrected chi connectivity index (χ4v) is 6.51. The lowest BCUT2D eigenvalue weighted by Crippen LogP contribution is -2.32. The molecule has 0 radical (unpaired) electrons. The van der Waals surface area contributed by atoms with E-state index in [-0.39, 0.29) is 17.0 Å². The Balaban J connectivity index is 2.33. The van der Waals surface area contributed by atoms with Crippen LogP contribution in [0.25, 0.3) is 0 Å². The number of fused-ring (bicyclic) bond motifs is 1. The first-order chi connectivity index (χ1) is 11.9. The predicted octanol–water partition coefficient (Wildman–Crippen LogP) is 3.34. The van der Waals surface area contributed by atoms with E-state index in [4.69, 9.17) is 0 Å². The first-order valence-corrected chi connectivity index (χ1v) is 10.5. The Labute approximate surface area is 155 Å². The largest absolute Gasteiger partial charge is 0.288 e. The quantitative estimate of drug-likeness (QED) is 0.756. The molecule has 0 saturated heterocycles. The van der Waals surface area contributed by atoms with Crippen LogP contribution in [0.5, 0.6) is 0 Å². The Hall–Kier alpha value is -1.95. The molecule has 0 atom stereocenters. The Morgan fingerprint density at radius 2 is 1.81 bits per heavy atom. The van der Waals surface area contributed by atoms with Gasteiger partial charge in [0.1, 0.15) is 0 Å². The minimum absolute atomic E-state index is 0.121. The summed E-state index contributed by atoms with van der Waals surface area (Å²) >= 11 is 0. The summed E-state index contributed by atoms with van der Waals surface area (Å²) in [5.74, 6) is -0.0364. The van der Waals surface area contributed by atoms with Crippen LogP contribution in [-0.4, -0.2) is 29.7 Å². The third-order valence-electron chi connectivity index (χ3n) is 5.69. The zero-order chi connectivity index (χ0) is 19.6. The molecule has 5 nitrogen and oxygen atoms in total. The first-order valence-electron chi connectivity index (χ1n) is 8.81. The molecule has 2 aromatic rings. The molecule has 0 fully saturated rings. The van der Waals surface area contributed by atoms with E-state index in [0.717, 1.165) is 16.8 Å². The fraction of sp³-hybridized carbons (Fsp3) is 0.500. The van der Waals surface area contributed by atoms with E-state index in [1.165, 1.54) is 0 Å². The van der Waals surface area contributed by atoms with Crippen molar-refractivity contribution in [3.8, 4) is 0 Å². The van der Waals surface area contributed by atoms with E-state index in [0.29, 0.717) is 33.7 Å². The summed E-state index contributed by atoms with van der Waals surface area (Å²) in [6, 6.07) is 1.85. The molecule has 140 valence electrons. The van der Waals surface area contributed by atoms with Crippen molar-refractivity contribution < 1.29 is 13.2 Å². The van der Waals surface area contributed by atoms with Gasteiger partial charge in [0, 0.05) is 18.3 Å². The molecule has 6 heteroatoms. The van der Waals surface area contributed by atoms with Crippen LogP contribution in [0.1, 0.15) is 64.3 Å². The van der Waals surface area contributed by atoms with Gasteiger partial charge >= 0.3 is 0 Å². The topological polar surface area (TPSA) is 69.0 Å². The van der Waals surface area contributed by atoms with Gasteiger partial charge in [-0.3, -0.25) is 9.48 Å². The van der Waals surface area contributed by atoms with E-state index in [1.54, 1.807) is 25.6 Å². The number of carbonyl (C=O) groups excluding carboxylic acids is 1. The van der Waals surface area contributed by atoms with Gasteiger partial charge in [-0.1, -0.05) is 13.8 Å². The van der Waals surface area contributed by atoms with Crippen LogP contribution in [0.4, 0.5) is 0 Å². The van der Waals surface area contributed by atoms with Crippen molar-refractivity contribution in [2.24, 2.45) is 7.05 Å². The maximum absolute atomic E-state index is 13.3. The summed E-state index contributed by atoms with van der Waals surface area (Å²) in [5, 5.41) is 4.33.